The predicted molar refractivity (Wildman–Crippen MR) is 168 cm³/mol. The lowest BCUT2D eigenvalue weighted by Crippen LogP contribution is -2.45. The maximum Gasteiger partial charge on any atom is 0.306 e. The standard InChI is InChI=1S/C32H40N6O4S/c1-5-42-30(39)18-27(28-17-24-15-22(3)34-35-31(24)36(28)4)23-12-11-21(2)25(16-23)19-37-20-26-9-6-7-14-38(26)32-29(43(37,40)41)10-8-13-33-32/h8,10-13,15-17,26-27,40-41H,5-7,9,14,18-20H2,1-4H3/t26-,27?/m1/s1. The maximum atomic E-state index is 12.9. The van der Waals surface area contributed by atoms with Crippen LogP contribution < -0.4 is 4.90 Å². The number of ether oxygens (including phenoxy) is 1. The Hall–Kier alpha value is -3.51. The molecule has 4 aromatic rings. The van der Waals surface area contributed by atoms with E-state index in [1.165, 1.54) is 0 Å². The summed E-state index contributed by atoms with van der Waals surface area (Å²) in [7, 11) is -1.35. The average Bonchev–Trinajstić information content (AvgIpc) is 3.27. The van der Waals surface area contributed by atoms with Crippen LogP contribution in [0.1, 0.15) is 66.6 Å². The molecule has 0 bridgehead atoms. The van der Waals surface area contributed by atoms with Gasteiger partial charge in [0, 0.05) is 55.9 Å². The smallest absolute Gasteiger partial charge is 0.306 e. The summed E-state index contributed by atoms with van der Waals surface area (Å²) in [4.78, 5) is 20.2. The van der Waals surface area contributed by atoms with Crippen LogP contribution in [0.5, 0.6) is 0 Å². The van der Waals surface area contributed by atoms with Crippen molar-refractivity contribution in [1.82, 2.24) is 24.1 Å². The molecule has 11 heteroatoms. The first-order chi connectivity index (χ1) is 20.7. The Labute approximate surface area is 254 Å². The van der Waals surface area contributed by atoms with E-state index in [1.807, 2.05) is 42.8 Å². The van der Waals surface area contributed by atoms with E-state index >= 15 is 0 Å². The molecular weight excluding hydrogens is 564 g/mol. The van der Waals surface area contributed by atoms with E-state index in [4.69, 9.17) is 4.74 Å². The Balaban J connectivity index is 1.39. The summed E-state index contributed by atoms with van der Waals surface area (Å²) in [5.41, 5.74) is 5.50. The Bertz CT molecular complexity index is 1660. The normalized spacial score (nSPS) is 19.8. The number of benzene rings is 1. The number of hydrogen-bond acceptors (Lipinski definition) is 9. The van der Waals surface area contributed by atoms with Crippen LogP contribution in [0.15, 0.2) is 53.6 Å². The van der Waals surface area contributed by atoms with Gasteiger partial charge in [0.15, 0.2) is 11.5 Å². The highest BCUT2D eigenvalue weighted by Gasteiger charge is 2.39. The fourth-order valence-corrected chi connectivity index (χ4v) is 8.20. The third-order valence-electron chi connectivity index (χ3n) is 8.81. The number of pyridine rings is 1. The molecule has 0 amide bonds. The molecule has 0 radical (unpaired) electrons. The third kappa shape index (κ3) is 5.62. The van der Waals surface area contributed by atoms with Crippen LogP contribution in [0.4, 0.5) is 5.82 Å². The van der Waals surface area contributed by atoms with Crippen molar-refractivity contribution in [3.8, 4) is 0 Å². The van der Waals surface area contributed by atoms with E-state index in [9.17, 15) is 13.9 Å². The Morgan fingerprint density at radius 3 is 2.79 bits per heavy atom. The zero-order valence-electron chi connectivity index (χ0n) is 25.2. The first kappa shape index (κ1) is 29.6. The van der Waals surface area contributed by atoms with Gasteiger partial charge in [0.05, 0.1) is 18.7 Å². The van der Waals surface area contributed by atoms with Crippen molar-refractivity contribution in [2.24, 2.45) is 7.05 Å². The Morgan fingerprint density at radius 1 is 1.14 bits per heavy atom. The van der Waals surface area contributed by atoms with E-state index in [0.29, 0.717) is 30.4 Å². The van der Waals surface area contributed by atoms with Gasteiger partial charge in [0.2, 0.25) is 0 Å². The molecular formula is C32H40N6O4S. The molecule has 228 valence electrons. The number of aryl methyl sites for hydroxylation is 3. The Kier molecular flexibility index (Phi) is 8.16. The van der Waals surface area contributed by atoms with Crippen LogP contribution in [0.25, 0.3) is 11.0 Å². The second-order valence-corrected chi connectivity index (χ2v) is 13.6. The van der Waals surface area contributed by atoms with Crippen molar-refractivity contribution in [2.45, 2.75) is 69.9 Å². The summed E-state index contributed by atoms with van der Waals surface area (Å²) < 4.78 is 32.7. The number of rotatable bonds is 7. The molecule has 2 atom stereocenters. The highest BCUT2D eigenvalue weighted by Crippen LogP contribution is 2.57. The number of carbonyl (C=O) groups excluding carboxylic acids is 1. The van der Waals surface area contributed by atoms with Crippen LogP contribution in [0.2, 0.25) is 0 Å². The highest BCUT2D eigenvalue weighted by atomic mass is 32.3. The number of anilines is 1. The summed E-state index contributed by atoms with van der Waals surface area (Å²) in [5.74, 6) is 0.121. The number of piperidine rings is 1. The van der Waals surface area contributed by atoms with Gasteiger partial charge in [-0.25, -0.2) is 4.98 Å². The molecule has 1 saturated heterocycles. The average molecular weight is 605 g/mol. The molecule has 1 aromatic carbocycles. The van der Waals surface area contributed by atoms with Gasteiger partial charge in [-0.05, 0) is 81.0 Å². The molecule has 43 heavy (non-hydrogen) atoms. The SMILES string of the molecule is CCOC(=O)CC(c1ccc(C)c(CN2C[C@H]3CCCCN3c3ncccc3S2(O)O)c1)c1cc2cc(C)nnc2n1C. The van der Waals surface area contributed by atoms with Gasteiger partial charge in [0.1, 0.15) is 4.90 Å². The quantitative estimate of drug-likeness (QED) is 0.246. The number of fused-ring (bicyclic) bond motifs is 4. The van der Waals surface area contributed by atoms with Gasteiger partial charge in [-0.2, -0.15) is 9.40 Å². The number of hydrogen-bond donors (Lipinski definition) is 2. The minimum atomic E-state index is -3.30. The number of nitrogens with zero attached hydrogens (tertiary/aromatic N) is 6. The van der Waals surface area contributed by atoms with Crippen LogP contribution in [0, 0.1) is 13.8 Å². The van der Waals surface area contributed by atoms with Crippen molar-refractivity contribution in [2.75, 3.05) is 24.6 Å². The lowest BCUT2D eigenvalue weighted by molar-refractivity contribution is -0.143. The first-order valence-corrected chi connectivity index (χ1v) is 16.5. The van der Waals surface area contributed by atoms with E-state index in [-0.39, 0.29) is 24.3 Å². The lowest BCUT2D eigenvalue weighted by Gasteiger charge is -2.42. The zero-order valence-corrected chi connectivity index (χ0v) is 26.0. The summed E-state index contributed by atoms with van der Waals surface area (Å²) >= 11 is 0. The molecule has 5 heterocycles. The summed E-state index contributed by atoms with van der Waals surface area (Å²) in [5, 5.41) is 9.61. The van der Waals surface area contributed by atoms with Crippen LogP contribution in [-0.4, -0.2) is 64.9 Å². The van der Waals surface area contributed by atoms with Crippen molar-refractivity contribution in [3.63, 3.8) is 0 Å². The van der Waals surface area contributed by atoms with E-state index in [0.717, 1.165) is 64.9 Å². The van der Waals surface area contributed by atoms with Gasteiger partial charge < -0.3 is 14.2 Å². The van der Waals surface area contributed by atoms with Gasteiger partial charge in [-0.1, -0.05) is 18.2 Å². The fraction of sp³-hybridized carbons (Fsp3) is 0.438. The minimum Gasteiger partial charge on any atom is -0.466 e. The van der Waals surface area contributed by atoms with Crippen LogP contribution >= 0.6 is 10.8 Å². The lowest BCUT2D eigenvalue weighted by atomic mass is 9.89. The fourth-order valence-electron chi connectivity index (χ4n) is 6.54. The van der Waals surface area contributed by atoms with E-state index in [1.54, 1.807) is 18.3 Å². The van der Waals surface area contributed by atoms with Gasteiger partial charge in [-0.3, -0.25) is 13.9 Å². The molecule has 0 spiro atoms. The minimum absolute atomic E-state index is 0.150. The van der Waals surface area contributed by atoms with Crippen LogP contribution in [0.3, 0.4) is 0 Å². The van der Waals surface area contributed by atoms with Crippen LogP contribution in [-0.2, 0) is 23.1 Å². The van der Waals surface area contributed by atoms with Crippen molar-refractivity contribution >= 4 is 33.6 Å². The summed E-state index contributed by atoms with van der Waals surface area (Å²) in [6.07, 6.45) is 5.05. The summed E-state index contributed by atoms with van der Waals surface area (Å²) in [6.45, 7) is 7.81. The number of carbonyl (C=O) groups is 1. The van der Waals surface area contributed by atoms with E-state index in [2.05, 4.69) is 44.3 Å². The van der Waals surface area contributed by atoms with E-state index < -0.39 is 10.8 Å². The predicted octanol–water partition coefficient (Wildman–Crippen LogP) is 5.96. The number of esters is 1. The topological polar surface area (TPSA) is 117 Å². The molecule has 1 fully saturated rings. The second-order valence-electron chi connectivity index (χ2n) is 11.6. The van der Waals surface area contributed by atoms with Crippen molar-refractivity contribution < 1.29 is 18.6 Å². The summed E-state index contributed by atoms with van der Waals surface area (Å²) in [6, 6.07) is 14.0. The molecule has 0 saturated carbocycles. The highest BCUT2D eigenvalue weighted by molar-refractivity contribution is 8.22. The molecule has 6 rings (SSSR count). The Morgan fingerprint density at radius 2 is 1.98 bits per heavy atom. The van der Waals surface area contributed by atoms with Crippen molar-refractivity contribution in [3.05, 3.63) is 76.7 Å². The largest absolute Gasteiger partial charge is 0.466 e. The molecule has 0 aliphatic carbocycles. The van der Waals surface area contributed by atoms with Gasteiger partial charge >= 0.3 is 5.97 Å². The van der Waals surface area contributed by atoms with Gasteiger partial charge in [-0.15, -0.1) is 15.9 Å². The number of aromatic nitrogens is 4. The molecule has 1 unspecified atom stereocenters. The first-order valence-electron chi connectivity index (χ1n) is 15.0. The molecule has 2 aliphatic heterocycles. The third-order valence-corrected chi connectivity index (χ3v) is 10.7. The van der Waals surface area contributed by atoms with Crippen molar-refractivity contribution in [1.29, 1.82) is 0 Å². The zero-order chi connectivity index (χ0) is 30.3. The molecule has 3 aromatic heterocycles. The van der Waals surface area contributed by atoms with Gasteiger partial charge in [0.25, 0.3) is 0 Å². The maximum absolute atomic E-state index is 12.9. The molecule has 10 nitrogen and oxygen atoms in total. The molecule has 2 N–H and O–H groups in total. The second kappa shape index (κ2) is 11.9. The molecule has 2 aliphatic rings. The monoisotopic (exact) mass is 604 g/mol.